The Labute approximate surface area is 90.0 Å². The molecule has 78 valence electrons. The lowest BCUT2D eigenvalue weighted by atomic mass is 10.2. The van der Waals surface area contributed by atoms with Crippen molar-refractivity contribution in [3.63, 3.8) is 0 Å². The van der Waals surface area contributed by atoms with Crippen LogP contribution in [0.5, 0.6) is 5.75 Å². The molecule has 0 radical (unpaired) electrons. The number of hydrogen-bond donors (Lipinski definition) is 1. The van der Waals surface area contributed by atoms with Crippen LogP contribution in [0, 0.1) is 0 Å². The van der Waals surface area contributed by atoms with Crippen LogP contribution in [0.15, 0.2) is 22.6 Å². The van der Waals surface area contributed by atoms with Crippen molar-refractivity contribution in [3.8, 4) is 5.75 Å². The van der Waals surface area contributed by atoms with E-state index in [1.54, 1.807) is 18.2 Å². The molecule has 0 amide bonds. The molecule has 0 aliphatic carbocycles. The monoisotopic (exact) mass is 226 g/mol. The molecule has 0 aliphatic heterocycles. The molecule has 2 rings (SSSR count). The molecule has 2 aromatic rings. The molecule has 1 N–H and O–H groups in total. The Balaban J connectivity index is 2.84. The van der Waals surface area contributed by atoms with Gasteiger partial charge in [-0.3, -0.25) is 0 Å². The van der Waals surface area contributed by atoms with Crippen molar-refractivity contribution >= 4 is 28.5 Å². The topological polar surface area (TPSA) is 59.7 Å². The lowest BCUT2D eigenvalue weighted by Crippen LogP contribution is -1.94. The first kappa shape index (κ1) is 9.86. The normalized spacial score (nSPS) is 10.5. The van der Waals surface area contributed by atoms with E-state index in [1.807, 2.05) is 0 Å². The SMILES string of the molecule is COc1cccc2c(C(=O)O)c(Cl)oc12. The van der Waals surface area contributed by atoms with E-state index in [1.165, 1.54) is 7.11 Å². The number of methoxy groups -OCH3 is 1. The van der Waals surface area contributed by atoms with Crippen LogP contribution in [0.4, 0.5) is 0 Å². The first-order chi connectivity index (χ1) is 7.15. The van der Waals surface area contributed by atoms with Crippen LogP contribution in [-0.2, 0) is 0 Å². The predicted octanol–water partition coefficient (Wildman–Crippen LogP) is 2.79. The molecule has 0 unspecified atom stereocenters. The third-order valence-electron chi connectivity index (χ3n) is 2.07. The number of ether oxygens (including phenoxy) is 1. The van der Waals surface area contributed by atoms with Gasteiger partial charge in [-0.2, -0.15) is 0 Å². The Morgan fingerprint density at radius 2 is 2.27 bits per heavy atom. The summed E-state index contributed by atoms with van der Waals surface area (Å²) in [7, 11) is 1.48. The Hall–Kier alpha value is -1.68. The number of furan rings is 1. The quantitative estimate of drug-likeness (QED) is 0.855. The van der Waals surface area contributed by atoms with Gasteiger partial charge in [-0.1, -0.05) is 6.07 Å². The van der Waals surface area contributed by atoms with Crippen molar-refractivity contribution in [2.45, 2.75) is 0 Å². The number of carboxylic acids is 1. The van der Waals surface area contributed by atoms with Gasteiger partial charge in [0.05, 0.1) is 7.11 Å². The van der Waals surface area contributed by atoms with Gasteiger partial charge in [0.1, 0.15) is 5.56 Å². The van der Waals surface area contributed by atoms with Crippen LogP contribution in [-0.4, -0.2) is 18.2 Å². The summed E-state index contributed by atoms with van der Waals surface area (Å²) in [6.07, 6.45) is 0. The largest absolute Gasteiger partial charge is 0.493 e. The van der Waals surface area contributed by atoms with Crippen LogP contribution in [0.3, 0.4) is 0 Å². The Morgan fingerprint density at radius 3 is 2.87 bits per heavy atom. The molecule has 15 heavy (non-hydrogen) atoms. The fraction of sp³-hybridized carbons (Fsp3) is 0.100. The highest BCUT2D eigenvalue weighted by molar-refractivity contribution is 6.34. The Morgan fingerprint density at radius 1 is 1.53 bits per heavy atom. The number of halogens is 1. The number of rotatable bonds is 2. The summed E-state index contributed by atoms with van der Waals surface area (Å²) in [5, 5.41) is 9.23. The number of benzene rings is 1. The molecule has 5 heteroatoms. The number of para-hydroxylation sites is 1. The minimum Gasteiger partial charge on any atom is -0.493 e. The maximum absolute atomic E-state index is 10.9. The minimum atomic E-state index is -1.12. The van der Waals surface area contributed by atoms with Gasteiger partial charge in [0.25, 0.3) is 0 Å². The molecular weight excluding hydrogens is 220 g/mol. The van der Waals surface area contributed by atoms with E-state index >= 15 is 0 Å². The third kappa shape index (κ3) is 1.43. The molecule has 0 bridgehead atoms. The van der Waals surface area contributed by atoms with E-state index in [0.717, 1.165) is 0 Å². The van der Waals surface area contributed by atoms with Crippen molar-refractivity contribution in [1.29, 1.82) is 0 Å². The Bertz CT molecular complexity index is 529. The highest BCUT2D eigenvalue weighted by atomic mass is 35.5. The highest BCUT2D eigenvalue weighted by Crippen LogP contribution is 2.34. The second-order valence-corrected chi connectivity index (χ2v) is 3.24. The zero-order valence-electron chi connectivity index (χ0n) is 7.78. The fourth-order valence-electron chi connectivity index (χ4n) is 1.42. The summed E-state index contributed by atoms with van der Waals surface area (Å²) in [5.74, 6) is -0.658. The number of aromatic carboxylic acids is 1. The van der Waals surface area contributed by atoms with Crippen LogP contribution >= 0.6 is 11.6 Å². The van der Waals surface area contributed by atoms with Gasteiger partial charge in [0.15, 0.2) is 11.3 Å². The fourth-order valence-corrected chi connectivity index (χ4v) is 1.68. The summed E-state index contributed by atoms with van der Waals surface area (Å²) in [6, 6.07) is 4.98. The number of carbonyl (C=O) groups is 1. The minimum absolute atomic E-state index is 0.0365. The maximum Gasteiger partial charge on any atom is 0.341 e. The second-order valence-electron chi connectivity index (χ2n) is 2.89. The van der Waals surface area contributed by atoms with Gasteiger partial charge in [-0.25, -0.2) is 4.79 Å². The summed E-state index contributed by atoms with van der Waals surface area (Å²) < 4.78 is 10.2. The van der Waals surface area contributed by atoms with Crippen LogP contribution in [0.2, 0.25) is 5.22 Å². The molecule has 0 saturated heterocycles. The molecule has 0 aliphatic rings. The smallest absolute Gasteiger partial charge is 0.341 e. The zero-order chi connectivity index (χ0) is 11.0. The van der Waals surface area contributed by atoms with Gasteiger partial charge < -0.3 is 14.3 Å². The molecule has 4 nitrogen and oxygen atoms in total. The number of fused-ring (bicyclic) bond motifs is 1. The van der Waals surface area contributed by atoms with Crippen molar-refractivity contribution in [1.82, 2.24) is 0 Å². The first-order valence-corrected chi connectivity index (χ1v) is 4.51. The van der Waals surface area contributed by atoms with Crippen LogP contribution < -0.4 is 4.74 Å². The van der Waals surface area contributed by atoms with E-state index < -0.39 is 5.97 Å². The first-order valence-electron chi connectivity index (χ1n) is 4.13. The number of hydrogen-bond acceptors (Lipinski definition) is 3. The zero-order valence-corrected chi connectivity index (χ0v) is 8.54. The number of carboxylic acid groups (broad SMARTS) is 1. The van der Waals surface area contributed by atoms with Crippen molar-refractivity contribution in [2.24, 2.45) is 0 Å². The lowest BCUT2D eigenvalue weighted by molar-refractivity contribution is 0.0698. The summed E-state index contributed by atoms with van der Waals surface area (Å²) in [5.41, 5.74) is 0.313. The molecule has 1 heterocycles. The van der Waals surface area contributed by atoms with E-state index in [2.05, 4.69) is 0 Å². The van der Waals surface area contributed by atoms with E-state index in [-0.39, 0.29) is 10.8 Å². The summed E-state index contributed by atoms with van der Waals surface area (Å²) in [4.78, 5) is 10.9. The van der Waals surface area contributed by atoms with Crippen molar-refractivity contribution in [3.05, 3.63) is 29.0 Å². The van der Waals surface area contributed by atoms with Crippen LogP contribution in [0.25, 0.3) is 11.0 Å². The molecule has 1 aromatic carbocycles. The van der Waals surface area contributed by atoms with E-state index in [9.17, 15) is 4.79 Å². The third-order valence-corrected chi connectivity index (χ3v) is 2.34. The average molecular weight is 227 g/mol. The second kappa shape index (κ2) is 3.47. The lowest BCUT2D eigenvalue weighted by Gasteiger charge is -1.98. The van der Waals surface area contributed by atoms with Gasteiger partial charge in [-0.15, -0.1) is 0 Å². The van der Waals surface area contributed by atoms with Crippen molar-refractivity contribution in [2.75, 3.05) is 7.11 Å². The van der Waals surface area contributed by atoms with E-state index in [0.29, 0.717) is 16.7 Å². The molecule has 0 fully saturated rings. The predicted molar refractivity (Wildman–Crippen MR) is 54.7 cm³/mol. The highest BCUT2D eigenvalue weighted by Gasteiger charge is 2.20. The molecule has 1 aromatic heterocycles. The van der Waals surface area contributed by atoms with Crippen molar-refractivity contribution < 1.29 is 19.1 Å². The van der Waals surface area contributed by atoms with Gasteiger partial charge in [-0.05, 0) is 23.7 Å². The molecule has 0 saturated carbocycles. The van der Waals surface area contributed by atoms with E-state index in [4.69, 9.17) is 25.9 Å². The molecule has 0 spiro atoms. The van der Waals surface area contributed by atoms with Gasteiger partial charge >= 0.3 is 5.97 Å². The summed E-state index contributed by atoms with van der Waals surface area (Å²) >= 11 is 5.69. The van der Waals surface area contributed by atoms with Gasteiger partial charge in [0.2, 0.25) is 5.22 Å². The summed E-state index contributed by atoms with van der Waals surface area (Å²) in [6.45, 7) is 0. The van der Waals surface area contributed by atoms with Gasteiger partial charge in [0, 0.05) is 5.39 Å². The van der Waals surface area contributed by atoms with Crippen LogP contribution in [0.1, 0.15) is 10.4 Å². The molecular formula is C10H7ClO4. The Kier molecular flexibility index (Phi) is 2.28. The standard InChI is InChI=1S/C10H7ClO4/c1-14-6-4-2-3-5-7(10(12)13)9(11)15-8(5)6/h2-4H,1H3,(H,12,13). The maximum atomic E-state index is 10.9. The average Bonchev–Trinajstić information content (AvgIpc) is 2.53. The molecule has 0 atom stereocenters.